The molecule has 0 bridgehead atoms. The van der Waals surface area contributed by atoms with E-state index in [9.17, 15) is 18.5 Å². The molecule has 4 rings (SSSR count). The Morgan fingerprint density at radius 2 is 1.88 bits per heavy atom. The Balaban J connectivity index is 1.53. The number of benzene rings is 2. The van der Waals surface area contributed by atoms with Gasteiger partial charge in [0, 0.05) is 43.9 Å². The smallest absolute Gasteiger partial charge is 0.221 e. The zero-order valence-electron chi connectivity index (χ0n) is 19.4. The highest BCUT2D eigenvalue weighted by Crippen LogP contribution is 2.38. The first-order valence-electron chi connectivity index (χ1n) is 11.5. The summed E-state index contributed by atoms with van der Waals surface area (Å²) >= 11 is 0. The van der Waals surface area contributed by atoms with Crippen LogP contribution < -0.4 is 4.90 Å². The predicted molar refractivity (Wildman–Crippen MR) is 128 cm³/mol. The van der Waals surface area contributed by atoms with Crippen LogP contribution in [0.1, 0.15) is 43.1 Å². The van der Waals surface area contributed by atoms with Gasteiger partial charge in [-0.2, -0.15) is 9.57 Å². The van der Waals surface area contributed by atoms with Gasteiger partial charge in [-0.3, -0.25) is 4.79 Å². The summed E-state index contributed by atoms with van der Waals surface area (Å²) in [6, 6.07) is 15.3. The van der Waals surface area contributed by atoms with E-state index in [0.29, 0.717) is 43.7 Å². The van der Waals surface area contributed by atoms with Crippen molar-refractivity contribution >= 4 is 21.6 Å². The Morgan fingerprint density at radius 1 is 1.15 bits per heavy atom. The van der Waals surface area contributed by atoms with Crippen LogP contribution in [0.2, 0.25) is 0 Å². The summed E-state index contributed by atoms with van der Waals surface area (Å²) in [6.45, 7) is 4.45. The van der Waals surface area contributed by atoms with Crippen molar-refractivity contribution in [2.45, 2.75) is 50.6 Å². The van der Waals surface area contributed by atoms with Gasteiger partial charge in [0.15, 0.2) is 0 Å². The first-order valence-corrected chi connectivity index (χ1v) is 13.0. The molecule has 34 heavy (non-hydrogen) atoms. The van der Waals surface area contributed by atoms with Crippen molar-refractivity contribution < 1.29 is 17.6 Å². The number of hydrogen-bond donors (Lipinski definition) is 0. The number of rotatable bonds is 4. The highest BCUT2D eigenvalue weighted by Gasteiger charge is 2.40. The van der Waals surface area contributed by atoms with E-state index >= 15 is 4.39 Å². The molecule has 7 nitrogen and oxygen atoms in total. The normalized spacial score (nSPS) is 25.1. The molecule has 3 atom stereocenters. The SMILES string of the molecule is CC(=O)N1CCN(c2ccc(CN3[C@@H](C)CCC(c4ccccc4)S3(=O)=O)c(F)c2)C[C@@H]1C#N. The molecule has 2 aromatic rings. The van der Waals surface area contributed by atoms with E-state index < -0.39 is 27.1 Å². The third-order valence-corrected chi connectivity index (χ3v) is 9.23. The van der Waals surface area contributed by atoms with Crippen molar-refractivity contribution in [3.8, 4) is 6.07 Å². The second kappa shape index (κ2) is 9.72. The molecular formula is C25H29FN4O3S. The lowest BCUT2D eigenvalue weighted by Gasteiger charge is -2.39. The number of nitriles is 1. The Bertz CT molecular complexity index is 1200. The second-order valence-electron chi connectivity index (χ2n) is 8.99. The Kier molecular flexibility index (Phi) is 6.91. The molecule has 1 amide bonds. The maximum Gasteiger partial charge on any atom is 0.221 e. The molecule has 2 saturated heterocycles. The lowest BCUT2D eigenvalue weighted by Crippen LogP contribution is -2.54. The average Bonchev–Trinajstić information content (AvgIpc) is 2.82. The first-order chi connectivity index (χ1) is 16.2. The lowest BCUT2D eigenvalue weighted by molar-refractivity contribution is -0.130. The topological polar surface area (TPSA) is 84.7 Å². The van der Waals surface area contributed by atoms with Crippen LogP contribution in [0.5, 0.6) is 0 Å². The van der Waals surface area contributed by atoms with Crippen LogP contribution in [-0.4, -0.2) is 55.2 Å². The van der Waals surface area contributed by atoms with Gasteiger partial charge in [0.05, 0.1) is 12.6 Å². The minimum Gasteiger partial charge on any atom is -0.367 e. The minimum atomic E-state index is -3.65. The van der Waals surface area contributed by atoms with Gasteiger partial charge in [0.25, 0.3) is 0 Å². The van der Waals surface area contributed by atoms with E-state index in [0.717, 1.165) is 5.56 Å². The summed E-state index contributed by atoms with van der Waals surface area (Å²) in [5.41, 5.74) is 1.68. The molecule has 9 heteroatoms. The van der Waals surface area contributed by atoms with Gasteiger partial charge >= 0.3 is 0 Å². The van der Waals surface area contributed by atoms with Gasteiger partial charge in [0.1, 0.15) is 17.1 Å². The van der Waals surface area contributed by atoms with E-state index in [1.165, 1.54) is 22.2 Å². The molecule has 0 aliphatic carbocycles. The highest BCUT2D eigenvalue weighted by molar-refractivity contribution is 7.89. The zero-order valence-corrected chi connectivity index (χ0v) is 20.2. The highest BCUT2D eigenvalue weighted by atomic mass is 32.2. The molecule has 0 aromatic heterocycles. The van der Waals surface area contributed by atoms with Crippen molar-refractivity contribution in [1.29, 1.82) is 5.26 Å². The van der Waals surface area contributed by atoms with Gasteiger partial charge in [-0.15, -0.1) is 0 Å². The standard InChI is InChI=1S/C25H29FN4O3S/c1-18-8-11-25(20-6-4-3-5-7-20)34(32,33)30(18)16-21-9-10-22(14-24(21)26)28-12-13-29(19(2)31)23(15-27)17-28/h3-7,9-10,14,18,23,25H,8,11-13,16-17H2,1-2H3/t18-,23-,25?/m0/s1. The number of halogens is 1. The van der Waals surface area contributed by atoms with Crippen LogP contribution in [0.3, 0.4) is 0 Å². The molecular weight excluding hydrogens is 455 g/mol. The molecule has 2 fully saturated rings. The van der Waals surface area contributed by atoms with Crippen LogP contribution in [0, 0.1) is 17.1 Å². The summed E-state index contributed by atoms with van der Waals surface area (Å²) in [5, 5.41) is 8.79. The number of hydrogen-bond acceptors (Lipinski definition) is 5. The summed E-state index contributed by atoms with van der Waals surface area (Å²) in [7, 11) is -3.65. The van der Waals surface area contributed by atoms with Gasteiger partial charge in [-0.05, 0) is 37.5 Å². The molecule has 1 unspecified atom stereocenters. The number of carbonyl (C=O) groups is 1. The van der Waals surface area contributed by atoms with Crippen LogP contribution in [0.15, 0.2) is 48.5 Å². The molecule has 0 saturated carbocycles. The van der Waals surface area contributed by atoms with Crippen LogP contribution in [0.25, 0.3) is 0 Å². The maximum absolute atomic E-state index is 15.2. The van der Waals surface area contributed by atoms with Crippen LogP contribution in [-0.2, 0) is 21.4 Å². The molecule has 2 aliphatic heterocycles. The summed E-state index contributed by atoms with van der Waals surface area (Å²) in [5.74, 6) is -0.636. The Labute approximate surface area is 200 Å². The van der Waals surface area contributed by atoms with Gasteiger partial charge < -0.3 is 9.80 Å². The van der Waals surface area contributed by atoms with E-state index in [2.05, 4.69) is 6.07 Å². The third-order valence-electron chi connectivity index (χ3n) is 6.86. The van der Waals surface area contributed by atoms with Gasteiger partial charge in [-0.1, -0.05) is 36.4 Å². The average molecular weight is 485 g/mol. The van der Waals surface area contributed by atoms with Gasteiger partial charge in [0.2, 0.25) is 15.9 Å². The first kappa shape index (κ1) is 24.2. The summed E-state index contributed by atoms with van der Waals surface area (Å²) < 4.78 is 43.5. The van der Waals surface area contributed by atoms with Crippen molar-refractivity contribution in [2.75, 3.05) is 24.5 Å². The number of carbonyl (C=O) groups excluding carboxylic acids is 1. The largest absolute Gasteiger partial charge is 0.367 e. The molecule has 180 valence electrons. The summed E-state index contributed by atoms with van der Waals surface area (Å²) in [6.07, 6.45) is 1.24. The molecule has 2 heterocycles. The Hall–Kier alpha value is -2.96. The fraction of sp³-hybridized carbons (Fsp3) is 0.440. The monoisotopic (exact) mass is 484 g/mol. The van der Waals surface area contributed by atoms with Crippen LogP contribution >= 0.6 is 0 Å². The number of nitrogens with zero attached hydrogens (tertiary/aromatic N) is 4. The van der Waals surface area contributed by atoms with Crippen molar-refractivity contribution in [2.24, 2.45) is 0 Å². The fourth-order valence-corrected chi connectivity index (χ4v) is 7.07. The second-order valence-corrected chi connectivity index (χ2v) is 11.1. The molecule has 0 spiro atoms. The maximum atomic E-state index is 15.2. The number of sulfonamides is 1. The van der Waals surface area contributed by atoms with E-state index in [1.807, 2.05) is 42.2 Å². The zero-order chi connectivity index (χ0) is 24.5. The van der Waals surface area contributed by atoms with Crippen molar-refractivity contribution in [3.63, 3.8) is 0 Å². The number of amides is 1. The molecule has 0 N–H and O–H groups in total. The lowest BCUT2D eigenvalue weighted by atomic mass is 10.0. The third kappa shape index (κ3) is 4.65. The number of piperazine rings is 1. The van der Waals surface area contributed by atoms with Crippen LogP contribution in [0.4, 0.5) is 10.1 Å². The van der Waals surface area contributed by atoms with Crippen molar-refractivity contribution in [1.82, 2.24) is 9.21 Å². The van der Waals surface area contributed by atoms with E-state index in [4.69, 9.17) is 0 Å². The quantitative estimate of drug-likeness (QED) is 0.664. The predicted octanol–water partition coefficient (Wildman–Crippen LogP) is 3.44. The number of anilines is 1. The molecule has 2 aliphatic rings. The Morgan fingerprint density at radius 3 is 2.53 bits per heavy atom. The molecule has 0 radical (unpaired) electrons. The minimum absolute atomic E-state index is 0.0299. The van der Waals surface area contributed by atoms with Crippen molar-refractivity contribution in [3.05, 3.63) is 65.5 Å². The van der Waals surface area contributed by atoms with E-state index in [1.54, 1.807) is 12.1 Å². The van der Waals surface area contributed by atoms with Gasteiger partial charge in [-0.25, -0.2) is 12.8 Å². The molecule has 2 aromatic carbocycles. The summed E-state index contributed by atoms with van der Waals surface area (Å²) in [4.78, 5) is 15.1. The van der Waals surface area contributed by atoms with E-state index in [-0.39, 0.29) is 18.5 Å². The fourth-order valence-electron chi connectivity index (χ4n) is 4.89.